The first kappa shape index (κ1) is 33.9. The molecule has 8 nitrogen and oxygen atoms in total. The van der Waals surface area contributed by atoms with E-state index in [1.807, 2.05) is 35.2 Å². The number of para-hydroxylation sites is 1. The quantitative estimate of drug-likeness (QED) is 0.215. The Morgan fingerprint density at radius 1 is 1.05 bits per heavy atom. The molecule has 242 valence electrons. The molecule has 44 heavy (non-hydrogen) atoms. The minimum Gasteiger partial charge on any atom is -0.454 e. The van der Waals surface area contributed by atoms with Crippen LogP contribution in [0.15, 0.2) is 59.6 Å². The molecule has 0 bridgehead atoms. The number of hydrogen-bond acceptors (Lipinski definition) is 6. The van der Waals surface area contributed by atoms with Crippen molar-refractivity contribution in [3.05, 3.63) is 65.1 Å². The van der Waals surface area contributed by atoms with Gasteiger partial charge in [0.15, 0.2) is 11.5 Å². The molecule has 0 saturated carbocycles. The number of rotatable bonds is 14. The van der Waals surface area contributed by atoms with Gasteiger partial charge < -0.3 is 28.6 Å². The predicted molar refractivity (Wildman–Crippen MR) is 177 cm³/mol. The smallest absolute Gasteiger partial charge is 0.231 e. The molecule has 2 saturated heterocycles. The molecule has 1 amide bonds. The van der Waals surface area contributed by atoms with Gasteiger partial charge in [0.1, 0.15) is 6.29 Å². The summed E-state index contributed by atoms with van der Waals surface area (Å²) in [5.41, 5.74) is 3.55. The fourth-order valence-corrected chi connectivity index (χ4v) is 6.59. The van der Waals surface area contributed by atoms with E-state index in [1.54, 1.807) is 0 Å². The van der Waals surface area contributed by atoms with Crippen LogP contribution < -0.4 is 4.90 Å². The Kier molecular flexibility index (Phi) is 12.6. The Bertz CT molecular complexity index is 1200. The number of ether oxygens (including phenoxy) is 2. The molecule has 3 aliphatic heterocycles. The van der Waals surface area contributed by atoms with Crippen LogP contribution >= 0.6 is 0 Å². The first-order chi connectivity index (χ1) is 21.2. The van der Waals surface area contributed by atoms with Crippen molar-refractivity contribution in [1.82, 2.24) is 9.80 Å². The van der Waals surface area contributed by atoms with E-state index in [0.29, 0.717) is 31.6 Å². The van der Waals surface area contributed by atoms with E-state index >= 15 is 0 Å². The molecular weight excluding hydrogens is 552 g/mol. The Hall–Kier alpha value is -2.94. The van der Waals surface area contributed by atoms with E-state index in [4.69, 9.17) is 9.47 Å². The molecule has 1 aromatic carbocycles. The Labute approximate surface area is 265 Å². The number of allylic oxidation sites excluding steroid dienone is 3. The molecule has 4 aliphatic rings. The SMILES string of the molecule is CCCCN(C)CCC[N+](C)(C)C.O=CCCN1CC(C2=CC=C3OCOC3=CC2)CC1CCN1C(=O)Cc2ccccc21. The van der Waals surface area contributed by atoms with Crippen molar-refractivity contribution >= 4 is 17.9 Å². The van der Waals surface area contributed by atoms with E-state index in [-0.39, 0.29) is 5.91 Å². The van der Waals surface area contributed by atoms with Gasteiger partial charge in [-0.1, -0.05) is 43.2 Å². The van der Waals surface area contributed by atoms with Crippen LogP contribution in [0.5, 0.6) is 0 Å². The summed E-state index contributed by atoms with van der Waals surface area (Å²) < 4.78 is 12.1. The normalized spacial score (nSPS) is 21.4. The van der Waals surface area contributed by atoms with Gasteiger partial charge in [0.05, 0.1) is 34.1 Å². The molecule has 0 radical (unpaired) electrons. The molecular formula is C36H55N4O4+. The summed E-state index contributed by atoms with van der Waals surface area (Å²) in [5.74, 6) is 2.27. The number of hydrogen-bond donors (Lipinski definition) is 0. The Morgan fingerprint density at radius 2 is 1.82 bits per heavy atom. The molecule has 2 atom stereocenters. The van der Waals surface area contributed by atoms with Crippen LogP contribution in [-0.4, -0.2) is 107 Å². The monoisotopic (exact) mass is 607 g/mol. The summed E-state index contributed by atoms with van der Waals surface area (Å²) in [6.45, 7) is 8.77. The molecule has 5 rings (SSSR count). The molecule has 1 aromatic rings. The topological polar surface area (TPSA) is 62.3 Å². The lowest BCUT2D eigenvalue weighted by atomic mass is 9.92. The third-order valence-electron chi connectivity index (χ3n) is 9.10. The third-order valence-corrected chi connectivity index (χ3v) is 9.10. The maximum atomic E-state index is 12.6. The standard InChI is InChI=1S/C25H28N2O4.C11H27N2/c28-13-3-11-26-16-20(18-6-8-23-24(9-7-18)31-17-30-23)14-21(26)10-12-27-22-5-2-1-4-19(22)15-25(27)29;1-6-7-9-12(2)10-8-11-13(3,4)5/h1-2,4-6,8-9,13,20-21H,3,7,10-12,14-17H2;6-11H2,1-5H3/q;+1. The van der Waals surface area contributed by atoms with E-state index in [9.17, 15) is 9.59 Å². The van der Waals surface area contributed by atoms with Gasteiger partial charge in [-0.2, -0.15) is 0 Å². The van der Waals surface area contributed by atoms with E-state index < -0.39 is 0 Å². The first-order valence-corrected chi connectivity index (χ1v) is 16.6. The van der Waals surface area contributed by atoms with E-state index in [2.05, 4.69) is 57.1 Å². The molecule has 0 aromatic heterocycles. The number of aldehydes is 1. The summed E-state index contributed by atoms with van der Waals surface area (Å²) in [5, 5.41) is 0. The lowest BCUT2D eigenvalue weighted by Crippen LogP contribution is -2.37. The van der Waals surface area contributed by atoms with Gasteiger partial charge in [-0.05, 0) is 69.0 Å². The van der Waals surface area contributed by atoms with Crippen LogP contribution in [0.25, 0.3) is 0 Å². The fraction of sp³-hybridized carbons (Fsp3) is 0.611. The predicted octanol–water partition coefficient (Wildman–Crippen LogP) is 5.16. The summed E-state index contributed by atoms with van der Waals surface area (Å²) in [7, 11) is 9.00. The van der Waals surface area contributed by atoms with Crippen molar-refractivity contribution in [3.8, 4) is 0 Å². The van der Waals surface area contributed by atoms with Gasteiger partial charge >= 0.3 is 0 Å². The van der Waals surface area contributed by atoms with Gasteiger partial charge in [-0.25, -0.2) is 0 Å². The highest BCUT2D eigenvalue weighted by Gasteiger charge is 2.35. The minimum atomic E-state index is 0.187. The van der Waals surface area contributed by atoms with Gasteiger partial charge in [-0.3, -0.25) is 9.69 Å². The zero-order valence-electron chi connectivity index (χ0n) is 27.8. The molecule has 2 fully saturated rings. The second kappa shape index (κ2) is 16.4. The first-order valence-electron chi connectivity index (χ1n) is 16.6. The Morgan fingerprint density at radius 3 is 2.59 bits per heavy atom. The molecule has 0 spiro atoms. The Balaban J connectivity index is 0.000000289. The molecule has 1 aliphatic carbocycles. The summed E-state index contributed by atoms with van der Waals surface area (Å²) >= 11 is 0. The third kappa shape index (κ3) is 9.78. The highest BCUT2D eigenvalue weighted by atomic mass is 16.7. The van der Waals surface area contributed by atoms with Crippen molar-refractivity contribution in [3.63, 3.8) is 0 Å². The highest BCUT2D eigenvalue weighted by Crippen LogP contribution is 2.36. The number of nitrogens with zero attached hydrogens (tertiary/aromatic N) is 4. The van der Waals surface area contributed by atoms with E-state index in [1.165, 1.54) is 44.5 Å². The van der Waals surface area contributed by atoms with Crippen LogP contribution in [0.2, 0.25) is 0 Å². The fourth-order valence-electron chi connectivity index (χ4n) is 6.59. The largest absolute Gasteiger partial charge is 0.454 e. The number of unbranched alkanes of at least 4 members (excludes halogenated alkanes) is 1. The number of likely N-dealkylation sites (tertiary alicyclic amines) is 1. The van der Waals surface area contributed by atoms with Crippen LogP contribution in [0.4, 0.5) is 5.69 Å². The lowest BCUT2D eigenvalue weighted by molar-refractivity contribution is -0.870. The van der Waals surface area contributed by atoms with Crippen molar-refractivity contribution in [2.24, 2.45) is 5.92 Å². The van der Waals surface area contributed by atoms with E-state index in [0.717, 1.165) is 72.4 Å². The van der Waals surface area contributed by atoms with Gasteiger partial charge in [0.25, 0.3) is 0 Å². The molecule has 8 heteroatoms. The number of carbonyl (C=O) groups is 2. The van der Waals surface area contributed by atoms with Crippen molar-refractivity contribution in [2.45, 2.75) is 64.3 Å². The molecule has 3 heterocycles. The minimum absolute atomic E-state index is 0.187. The highest BCUT2D eigenvalue weighted by molar-refractivity contribution is 6.01. The number of carbonyl (C=O) groups excluding carboxylic acids is 2. The number of anilines is 1. The second-order valence-corrected chi connectivity index (χ2v) is 13.7. The van der Waals surface area contributed by atoms with Crippen LogP contribution in [0.3, 0.4) is 0 Å². The lowest BCUT2D eigenvalue weighted by Gasteiger charge is -2.26. The van der Waals surface area contributed by atoms with Crippen LogP contribution in [0, 0.1) is 5.92 Å². The molecule has 0 N–H and O–H groups in total. The van der Waals surface area contributed by atoms with Crippen molar-refractivity contribution < 1.29 is 23.5 Å². The zero-order valence-corrected chi connectivity index (χ0v) is 27.8. The number of quaternary nitrogens is 1. The van der Waals surface area contributed by atoms with Crippen LogP contribution in [0.1, 0.15) is 57.4 Å². The zero-order chi connectivity index (χ0) is 31.5. The van der Waals surface area contributed by atoms with Gasteiger partial charge in [0.2, 0.25) is 12.7 Å². The summed E-state index contributed by atoms with van der Waals surface area (Å²) in [4.78, 5) is 30.4. The van der Waals surface area contributed by atoms with Gasteiger partial charge in [-0.15, -0.1) is 0 Å². The maximum Gasteiger partial charge on any atom is 0.231 e. The average molecular weight is 608 g/mol. The summed E-state index contributed by atoms with van der Waals surface area (Å²) in [6, 6.07) is 8.44. The number of fused-ring (bicyclic) bond motifs is 2. The average Bonchev–Trinajstić information content (AvgIpc) is 3.66. The number of benzene rings is 1. The van der Waals surface area contributed by atoms with Gasteiger partial charge in [0, 0.05) is 50.7 Å². The second-order valence-electron chi connectivity index (χ2n) is 13.7. The summed E-state index contributed by atoms with van der Waals surface area (Å²) in [6.07, 6.45) is 15.1. The maximum absolute atomic E-state index is 12.6. The molecule has 2 unspecified atom stereocenters. The van der Waals surface area contributed by atoms with Crippen molar-refractivity contribution in [2.75, 3.05) is 79.2 Å². The number of amides is 1. The van der Waals surface area contributed by atoms with Crippen LogP contribution in [-0.2, 0) is 25.5 Å². The van der Waals surface area contributed by atoms with Crippen molar-refractivity contribution in [1.29, 1.82) is 0 Å².